The van der Waals surface area contributed by atoms with Crippen molar-refractivity contribution in [3.63, 3.8) is 0 Å². The van der Waals surface area contributed by atoms with E-state index in [1.807, 2.05) is 0 Å². The third kappa shape index (κ3) is 4.59. The lowest BCUT2D eigenvalue weighted by Crippen LogP contribution is -2.35. The second kappa shape index (κ2) is 5.88. The average Bonchev–Trinajstić information content (AvgIpc) is 2.27. The van der Waals surface area contributed by atoms with E-state index >= 15 is 0 Å². The number of hydroxylamine groups is 1. The van der Waals surface area contributed by atoms with Crippen molar-refractivity contribution in [2.75, 3.05) is 0 Å². The predicted molar refractivity (Wildman–Crippen MR) is 55.1 cm³/mol. The van der Waals surface area contributed by atoms with Gasteiger partial charge in [0.05, 0.1) is 5.56 Å². The molecule has 118 valence electrons. The third-order valence-electron chi connectivity index (χ3n) is 2.28. The fourth-order valence-electron chi connectivity index (χ4n) is 1.41. The maximum Gasteiger partial charge on any atom is 0.419 e. The number of halogens is 7. The minimum absolute atomic E-state index is 0.00395. The lowest BCUT2D eigenvalue weighted by Gasteiger charge is -2.22. The summed E-state index contributed by atoms with van der Waals surface area (Å²) in [4.78, 5) is 14.5. The molecule has 10 heteroatoms. The summed E-state index contributed by atoms with van der Waals surface area (Å²) in [7, 11) is 0. The van der Waals surface area contributed by atoms with Gasteiger partial charge in [-0.05, 0) is 17.7 Å². The number of carbonyl (C=O) groups is 1. The Bertz CT molecular complexity index is 524. The number of nitrogens with one attached hydrogen (secondary N) is 1. The van der Waals surface area contributed by atoms with Crippen molar-refractivity contribution in [3.05, 3.63) is 35.1 Å². The first-order valence-electron chi connectivity index (χ1n) is 5.29. The van der Waals surface area contributed by atoms with Crippen molar-refractivity contribution in [3.8, 4) is 0 Å². The molecule has 1 N–H and O–H groups in total. The quantitative estimate of drug-likeness (QED) is 0.684. The van der Waals surface area contributed by atoms with Gasteiger partial charge >= 0.3 is 18.3 Å². The number of benzene rings is 1. The monoisotopic (exact) mass is 319 g/mol. The number of hydrogen-bond donors (Lipinski definition) is 1. The zero-order valence-electron chi connectivity index (χ0n) is 10.3. The van der Waals surface area contributed by atoms with Crippen LogP contribution in [-0.2, 0) is 15.8 Å². The summed E-state index contributed by atoms with van der Waals surface area (Å²) in [6, 6.07) is -1.95. The van der Waals surface area contributed by atoms with Crippen LogP contribution in [0.4, 0.5) is 30.7 Å². The van der Waals surface area contributed by atoms with Crippen LogP contribution in [0.2, 0.25) is 0 Å². The van der Waals surface area contributed by atoms with Gasteiger partial charge in [-0.2, -0.15) is 26.3 Å². The molecule has 0 aromatic heterocycles. The molecule has 1 aromatic carbocycles. The molecule has 0 saturated carbocycles. The predicted octanol–water partition coefficient (Wildman–Crippen LogP) is 3.52. The Morgan fingerprint density at radius 1 is 1.19 bits per heavy atom. The number of carbonyl (C=O) groups excluding carboxylic acids is 1. The average molecular weight is 319 g/mol. The molecule has 0 radical (unpaired) electrons. The highest BCUT2D eigenvalue weighted by atomic mass is 19.4. The number of alkyl halides is 6. The lowest BCUT2D eigenvalue weighted by molar-refractivity contribution is -0.192. The van der Waals surface area contributed by atoms with Gasteiger partial charge in [0, 0.05) is 6.92 Å². The molecule has 0 bridgehead atoms. The molecular weight excluding hydrogens is 311 g/mol. The van der Waals surface area contributed by atoms with E-state index in [0.29, 0.717) is 6.07 Å². The van der Waals surface area contributed by atoms with E-state index in [4.69, 9.17) is 0 Å². The Morgan fingerprint density at radius 3 is 2.19 bits per heavy atom. The molecule has 1 unspecified atom stereocenters. The molecule has 1 atom stereocenters. The van der Waals surface area contributed by atoms with Crippen LogP contribution in [0.5, 0.6) is 0 Å². The largest absolute Gasteiger partial charge is 0.419 e. The molecule has 0 fully saturated rings. The smallest absolute Gasteiger partial charge is 0.370 e. The second-order valence-electron chi connectivity index (χ2n) is 3.92. The fraction of sp³-hybridized carbons (Fsp3) is 0.364. The van der Waals surface area contributed by atoms with Crippen LogP contribution in [0.3, 0.4) is 0 Å². The number of rotatable bonds is 3. The van der Waals surface area contributed by atoms with Gasteiger partial charge in [0.25, 0.3) is 0 Å². The van der Waals surface area contributed by atoms with Gasteiger partial charge in [-0.3, -0.25) is 4.79 Å². The number of hydrogen-bond acceptors (Lipinski definition) is 3. The highest BCUT2D eigenvalue weighted by Gasteiger charge is 2.43. The summed E-state index contributed by atoms with van der Waals surface area (Å²) >= 11 is 0. The van der Waals surface area contributed by atoms with Crippen molar-refractivity contribution < 1.29 is 40.4 Å². The molecule has 0 aliphatic rings. The fourth-order valence-corrected chi connectivity index (χ4v) is 1.41. The van der Waals surface area contributed by atoms with Gasteiger partial charge in [-0.1, -0.05) is 6.07 Å². The van der Waals surface area contributed by atoms with E-state index in [1.165, 1.54) is 5.48 Å². The molecular formula is C11H8F7NO2. The molecule has 0 saturated heterocycles. The summed E-state index contributed by atoms with van der Waals surface area (Å²) in [6.45, 7) is 0.798. The van der Waals surface area contributed by atoms with Gasteiger partial charge in [0.1, 0.15) is 5.82 Å². The summed E-state index contributed by atoms with van der Waals surface area (Å²) in [5.41, 5.74) is -1.49. The van der Waals surface area contributed by atoms with Gasteiger partial charge in [0.15, 0.2) is 6.04 Å². The summed E-state index contributed by atoms with van der Waals surface area (Å²) in [5.74, 6) is -2.83. The van der Waals surface area contributed by atoms with Crippen LogP contribution in [0.15, 0.2) is 18.2 Å². The zero-order valence-corrected chi connectivity index (χ0v) is 10.3. The first-order valence-corrected chi connectivity index (χ1v) is 5.29. The van der Waals surface area contributed by atoms with E-state index in [1.54, 1.807) is 0 Å². The van der Waals surface area contributed by atoms with Crippen LogP contribution >= 0.6 is 0 Å². The van der Waals surface area contributed by atoms with E-state index < -0.39 is 41.3 Å². The van der Waals surface area contributed by atoms with E-state index in [-0.39, 0.29) is 12.1 Å². The van der Waals surface area contributed by atoms with E-state index in [2.05, 4.69) is 4.84 Å². The van der Waals surface area contributed by atoms with Crippen molar-refractivity contribution in [2.24, 2.45) is 0 Å². The minimum atomic E-state index is -5.16. The molecule has 0 aliphatic heterocycles. The molecule has 0 heterocycles. The molecule has 0 aliphatic carbocycles. The summed E-state index contributed by atoms with van der Waals surface area (Å²) in [5, 5.41) is 0. The normalized spacial score (nSPS) is 13.9. The highest BCUT2D eigenvalue weighted by molar-refractivity contribution is 5.65. The van der Waals surface area contributed by atoms with Gasteiger partial charge < -0.3 is 4.84 Å². The van der Waals surface area contributed by atoms with Crippen LogP contribution in [0.25, 0.3) is 0 Å². The SMILES string of the molecule is CC(=O)ONC(c1ccc(F)c(C(F)(F)F)c1)C(F)(F)F. The first-order chi connectivity index (χ1) is 9.43. The molecule has 0 amide bonds. The van der Waals surface area contributed by atoms with Crippen LogP contribution in [0, 0.1) is 5.82 Å². The Morgan fingerprint density at radius 2 is 1.76 bits per heavy atom. The minimum Gasteiger partial charge on any atom is -0.370 e. The Kier molecular flexibility index (Phi) is 4.82. The van der Waals surface area contributed by atoms with Crippen LogP contribution in [-0.4, -0.2) is 12.1 Å². The van der Waals surface area contributed by atoms with Crippen LogP contribution in [0.1, 0.15) is 24.1 Å². The van der Waals surface area contributed by atoms with Crippen molar-refractivity contribution in [1.82, 2.24) is 5.48 Å². The Labute approximate surface area is 113 Å². The first kappa shape index (κ1) is 17.2. The van der Waals surface area contributed by atoms with Gasteiger partial charge in [-0.15, -0.1) is 5.48 Å². The maximum atomic E-state index is 13.0. The molecule has 21 heavy (non-hydrogen) atoms. The Hall–Kier alpha value is -1.84. The van der Waals surface area contributed by atoms with Crippen molar-refractivity contribution in [1.29, 1.82) is 0 Å². The van der Waals surface area contributed by atoms with Crippen molar-refractivity contribution >= 4 is 5.97 Å². The molecule has 1 aromatic rings. The lowest BCUT2D eigenvalue weighted by atomic mass is 10.0. The third-order valence-corrected chi connectivity index (χ3v) is 2.28. The molecule has 1 rings (SSSR count). The Balaban J connectivity index is 3.23. The summed E-state index contributed by atoms with van der Waals surface area (Å²) in [6.07, 6.45) is -10.2. The highest BCUT2D eigenvalue weighted by Crippen LogP contribution is 2.37. The van der Waals surface area contributed by atoms with Crippen LogP contribution < -0.4 is 5.48 Å². The van der Waals surface area contributed by atoms with E-state index in [0.717, 1.165) is 6.92 Å². The molecule has 0 spiro atoms. The summed E-state index contributed by atoms with van der Waals surface area (Å²) < 4.78 is 88.7. The van der Waals surface area contributed by atoms with Crippen molar-refractivity contribution in [2.45, 2.75) is 25.3 Å². The van der Waals surface area contributed by atoms with Gasteiger partial charge in [0.2, 0.25) is 0 Å². The molecule has 3 nitrogen and oxygen atoms in total. The zero-order chi connectivity index (χ0) is 16.4. The standard InChI is InChI=1S/C11H8F7NO2/c1-5(20)21-19-9(11(16,17)18)6-2-3-8(12)7(4-6)10(13,14)15/h2-4,9,19H,1H3. The van der Waals surface area contributed by atoms with E-state index in [9.17, 15) is 35.5 Å². The maximum absolute atomic E-state index is 13.0. The second-order valence-corrected chi connectivity index (χ2v) is 3.92. The van der Waals surface area contributed by atoms with Gasteiger partial charge in [-0.25, -0.2) is 4.39 Å². The topological polar surface area (TPSA) is 38.3 Å².